The van der Waals surface area contributed by atoms with Crippen molar-refractivity contribution >= 4 is 11.7 Å². The van der Waals surface area contributed by atoms with E-state index in [0.717, 1.165) is 0 Å². The number of halogens is 3. The van der Waals surface area contributed by atoms with E-state index in [4.69, 9.17) is 0 Å². The van der Waals surface area contributed by atoms with Gasteiger partial charge in [0.1, 0.15) is 0 Å². The monoisotopic (exact) mass is 296 g/mol. The third kappa shape index (κ3) is 3.70. The number of aromatic nitrogens is 1. The number of nitro groups is 1. The fourth-order valence-corrected chi connectivity index (χ4v) is 1.26. The maximum absolute atomic E-state index is 12.2. The highest BCUT2D eigenvalue weighted by Crippen LogP contribution is 2.29. The summed E-state index contributed by atoms with van der Waals surface area (Å²) >= 11 is 0. The van der Waals surface area contributed by atoms with E-state index in [-0.39, 0.29) is 6.61 Å². The highest BCUT2D eigenvalue weighted by atomic mass is 19.4. The molecule has 0 aromatic carbocycles. The van der Waals surface area contributed by atoms with Gasteiger partial charge >= 0.3 is 12.3 Å². The molecule has 0 aliphatic carbocycles. The van der Waals surface area contributed by atoms with Gasteiger partial charge in [-0.25, -0.2) is 4.79 Å². The van der Waals surface area contributed by atoms with Crippen molar-refractivity contribution in [2.45, 2.75) is 13.3 Å². The highest BCUT2D eigenvalue weighted by Gasteiger charge is 2.37. The number of nitrogens with one attached hydrogen (secondary N) is 1. The number of carbonyl (C=O) groups excluding carboxylic acids is 1. The summed E-state index contributed by atoms with van der Waals surface area (Å²) in [5.41, 5.74) is -3.50. The van der Waals surface area contributed by atoms with Crippen molar-refractivity contribution < 1.29 is 32.4 Å². The lowest BCUT2D eigenvalue weighted by Crippen LogP contribution is -2.24. The summed E-state index contributed by atoms with van der Waals surface area (Å²) in [4.78, 5) is 33.6. The van der Waals surface area contributed by atoms with E-state index in [0.29, 0.717) is 6.07 Å². The standard InChI is InChI=1S/C9H7F3N2O6/c1-2-19-8(16)6-4(14(17)18)3-5(15)13-7(6)20-9(10,11)12/h3H,2H2,1H3,(H,13,15). The average Bonchev–Trinajstić information content (AvgIpc) is 2.25. The van der Waals surface area contributed by atoms with E-state index in [1.807, 2.05) is 0 Å². The number of esters is 1. The predicted octanol–water partition coefficient (Wildman–Crippen LogP) is 1.36. The number of carbonyl (C=O) groups is 1. The van der Waals surface area contributed by atoms with E-state index in [9.17, 15) is 32.9 Å². The first-order valence-electron chi connectivity index (χ1n) is 5.00. The normalized spacial score (nSPS) is 11.0. The minimum absolute atomic E-state index is 0.236. The lowest BCUT2D eigenvalue weighted by Gasteiger charge is -2.11. The summed E-state index contributed by atoms with van der Waals surface area (Å²) in [5, 5.41) is 10.7. The summed E-state index contributed by atoms with van der Waals surface area (Å²) in [5.74, 6) is -2.81. The molecule has 1 aromatic rings. The third-order valence-corrected chi connectivity index (χ3v) is 1.88. The number of rotatable bonds is 4. The molecule has 11 heteroatoms. The van der Waals surface area contributed by atoms with E-state index < -0.39 is 39.9 Å². The van der Waals surface area contributed by atoms with Crippen LogP contribution >= 0.6 is 0 Å². The number of nitrogens with zero attached hydrogens (tertiary/aromatic N) is 1. The van der Waals surface area contributed by atoms with Gasteiger partial charge in [-0.2, -0.15) is 0 Å². The van der Waals surface area contributed by atoms with Crippen molar-refractivity contribution in [1.29, 1.82) is 0 Å². The van der Waals surface area contributed by atoms with Crippen LogP contribution in [0.3, 0.4) is 0 Å². The molecule has 0 spiro atoms. The number of aromatic amines is 1. The van der Waals surface area contributed by atoms with Crippen LogP contribution in [0.4, 0.5) is 18.9 Å². The van der Waals surface area contributed by atoms with Crippen molar-refractivity contribution in [3.05, 3.63) is 32.1 Å². The van der Waals surface area contributed by atoms with Crippen LogP contribution < -0.4 is 10.3 Å². The first-order valence-corrected chi connectivity index (χ1v) is 5.00. The van der Waals surface area contributed by atoms with Gasteiger partial charge in [-0.05, 0) is 6.92 Å². The Morgan fingerprint density at radius 2 is 2.10 bits per heavy atom. The summed E-state index contributed by atoms with van der Waals surface area (Å²) in [6, 6.07) is 0.357. The van der Waals surface area contributed by atoms with Crippen LogP contribution in [0.2, 0.25) is 0 Å². The first kappa shape index (κ1) is 15.5. The van der Waals surface area contributed by atoms with E-state index in [2.05, 4.69) is 9.47 Å². The second kappa shape index (κ2) is 5.59. The Kier molecular flexibility index (Phi) is 4.32. The van der Waals surface area contributed by atoms with Gasteiger partial charge in [0.15, 0.2) is 5.56 Å². The van der Waals surface area contributed by atoms with Crippen molar-refractivity contribution in [3.63, 3.8) is 0 Å². The molecule has 0 saturated heterocycles. The number of hydrogen-bond acceptors (Lipinski definition) is 6. The quantitative estimate of drug-likeness (QED) is 0.510. The fourth-order valence-electron chi connectivity index (χ4n) is 1.26. The van der Waals surface area contributed by atoms with Gasteiger partial charge in [0.25, 0.3) is 11.2 Å². The summed E-state index contributed by atoms with van der Waals surface area (Å²) < 4.78 is 44.3. The SMILES string of the molecule is CCOC(=O)c1c([N+](=O)[O-])cc(=O)[nH]c1OC(F)(F)F. The number of hydrogen-bond donors (Lipinski definition) is 1. The van der Waals surface area contributed by atoms with Crippen molar-refractivity contribution in [3.8, 4) is 5.88 Å². The number of pyridine rings is 1. The van der Waals surface area contributed by atoms with Crippen LogP contribution in [-0.4, -0.2) is 28.8 Å². The van der Waals surface area contributed by atoms with E-state index in [1.54, 1.807) is 4.98 Å². The van der Waals surface area contributed by atoms with Crippen molar-refractivity contribution in [1.82, 2.24) is 4.98 Å². The van der Waals surface area contributed by atoms with Gasteiger partial charge in [-0.3, -0.25) is 19.9 Å². The molecule has 0 amide bonds. The Labute approximate surface area is 108 Å². The largest absolute Gasteiger partial charge is 0.574 e. The first-order chi connectivity index (χ1) is 9.15. The zero-order valence-corrected chi connectivity index (χ0v) is 9.82. The lowest BCUT2D eigenvalue weighted by atomic mass is 10.2. The molecule has 1 heterocycles. The zero-order chi connectivity index (χ0) is 15.5. The van der Waals surface area contributed by atoms with Gasteiger partial charge in [-0.1, -0.05) is 0 Å². The average molecular weight is 296 g/mol. The van der Waals surface area contributed by atoms with E-state index >= 15 is 0 Å². The van der Waals surface area contributed by atoms with Gasteiger partial charge in [0, 0.05) is 0 Å². The third-order valence-electron chi connectivity index (χ3n) is 1.88. The molecule has 8 nitrogen and oxygen atoms in total. The van der Waals surface area contributed by atoms with Gasteiger partial charge < -0.3 is 9.47 Å². The van der Waals surface area contributed by atoms with Crippen LogP contribution in [0.1, 0.15) is 17.3 Å². The molecule has 0 saturated carbocycles. The minimum atomic E-state index is -5.25. The van der Waals surface area contributed by atoms with Crippen molar-refractivity contribution in [2.24, 2.45) is 0 Å². The molecule has 20 heavy (non-hydrogen) atoms. The van der Waals surface area contributed by atoms with Crippen molar-refractivity contribution in [2.75, 3.05) is 6.61 Å². The topological polar surface area (TPSA) is 112 Å². The fraction of sp³-hybridized carbons (Fsp3) is 0.333. The van der Waals surface area contributed by atoms with Gasteiger partial charge in [0.05, 0.1) is 17.6 Å². The molecule has 1 rings (SSSR count). The molecular formula is C9H7F3N2O6. The van der Waals surface area contributed by atoms with Crippen LogP contribution in [0.5, 0.6) is 5.88 Å². The van der Waals surface area contributed by atoms with E-state index in [1.165, 1.54) is 6.92 Å². The van der Waals surface area contributed by atoms with Gasteiger partial charge in [0.2, 0.25) is 5.88 Å². The summed E-state index contributed by atoms with van der Waals surface area (Å²) in [7, 11) is 0. The molecule has 0 fully saturated rings. The summed E-state index contributed by atoms with van der Waals surface area (Å²) in [6.07, 6.45) is -5.25. The lowest BCUT2D eigenvalue weighted by molar-refractivity contribution is -0.385. The second-order valence-electron chi connectivity index (χ2n) is 3.25. The molecule has 0 bridgehead atoms. The Hall–Kier alpha value is -2.59. The Bertz CT molecular complexity index is 594. The zero-order valence-electron chi connectivity index (χ0n) is 9.82. The highest BCUT2D eigenvalue weighted by molar-refractivity contribution is 5.96. The summed E-state index contributed by atoms with van der Waals surface area (Å²) in [6.45, 7) is 1.11. The molecular weight excluding hydrogens is 289 g/mol. The smallest absolute Gasteiger partial charge is 0.462 e. The number of H-pyrrole nitrogens is 1. The molecule has 110 valence electrons. The predicted molar refractivity (Wildman–Crippen MR) is 56.4 cm³/mol. The maximum Gasteiger partial charge on any atom is 0.574 e. The molecule has 1 N–H and O–H groups in total. The molecule has 0 atom stereocenters. The van der Waals surface area contributed by atoms with Crippen LogP contribution in [0.15, 0.2) is 10.9 Å². The minimum Gasteiger partial charge on any atom is -0.462 e. The van der Waals surface area contributed by atoms with Crippen LogP contribution in [-0.2, 0) is 4.74 Å². The van der Waals surface area contributed by atoms with Crippen LogP contribution in [0.25, 0.3) is 0 Å². The van der Waals surface area contributed by atoms with Gasteiger partial charge in [-0.15, -0.1) is 13.2 Å². The van der Waals surface area contributed by atoms with Crippen LogP contribution in [0, 0.1) is 10.1 Å². The second-order valence-corrected chi connectivity index (χ2v) is 3.25. The Balaban J connectivity index is 3.51. The molecule has 0 aliphatic heterocycles. The molecule has 0 radical (unpaired) electrons. The molecule has 0 aliphatic rings. The molecule has 1 aromatic heterocycles. The Morgan fingerprint density at radius 1 is 1.50 bits per heavy atom. The number of ether oxygens (including phenoxy) is 2. The Morgan fingerprint density at radius 3 is 2.55 bits per heavy atom. The maximum atomic E-state index is 12.2. The molecule has 0 unspecified atom stereocenters. The number of alkyl halides is 3.